The van der Waals surface area contributed by atoms with Crippen molar-refractivity contribution >= 4 is 16.0 Å². The van der Waals surface area contributed by atoms with Crippen molar-refractivity contribution in [3.8, 4) is 0 Å². The van der Waals surface area contributed by atoms with Gasteiger partial charge in [-0.3, -0.25) is 9.69 Å². The molecule has 0 N–H and O–H groups in total. The largest absolute Gasteiger partial charge is 0.465 e. The van der Waals surface area contributed by atoms with E-state index in [4.69, 9.17) is 9.26 Å². The lowest BCUT2D eigenvalue weighted by molar-refractivity contribution is -0.149. The van der Waals surface area contributed by atoms with Gasteiger partial charge in [-0.1, -0.05) is 5.16 Å². The summed E-state index contributed by atoms with van der Waals surface area (Å²) in [7, 11) is -3.63. The number of hydrogen-bond donors (Lipinski definition) is 0. The number of carbonyl (C=O) groups excluding carboxylic acids is 1. The average Bonchev–Trinajstić information content (AvgIpc) is 2.86. The van der Waals surface area contributed by atoms with Crippen LogP contribution in [0.5, 0.6) is 0 Å². The number of nitrogens with zero attached hydrogens (tertiary/aromatic N) is 3. The van der Waals surface area contributed by atoms with Gasteiger partial charge in [0.2, 0.25) is 10.0 Å². The molecule has 8 nitrogen and oxygen atoms in total. The minimum absolute atomic E-state index is 0.143. The summed E-state index contributed by atoms with van der Waals surface area (Å²) in [5.74, 6) is 0.0133. The minimum Gasteiger partial charge on any atom is -0.465 e. The molecule has 0 radical (unpaired) electrons. The van der Waals surface area contributed by atoms with Gasteiger partial charge in [-0.2, -0.15) is 4.31 Å². The molecule has 1 fully saturated rings. The first kappa shape index (κ1) is 17.9. The van der Waals surface area contributed by atoms with E-state index in [-0.39, 0.29) is 16.9 Å². The highest BCUT2D eigenvalue weighted by Gasteiger charge is 2.35. The molecule has 2 heterocycles. The quantitative estimate of drug-likeness (QED) is 0.719. The van der Waals surface area contributed by atoms with Crippen molar-refractivity contribution in [2.24, 2.45) is 0 Å². The van der Waals surface area contributed by atoms with Crippen LogP contribution in [-0.4, -0.2) is 67.6 Å². The Balaban J connectivity index is 2.06. The first-order valence-electron chi connectivity index (χ1n) is 7.62. The Bertz CT molecular complexity index is 642. The maximum atomic E-state index is 12.7. The third kappa shape index (κ3) is 3.56. The van der Waals surface area contributed by atoms with E-state index in [1.54, 1.807) is 27.7 Å². The predicted molar refractivity (Wildman–Crippen MR) is 82.4 cm³/mol. The Kier molecular flexibility index (Phi) is 5.43. The van der Waals surface area contributed by atoms with Gasteiger partial charge >= 0.3 is 5.97 Å². The van der Waals surface area contributed by atoms with Gasteiger partial charge in [-0.05, 0) is 27.7 Å². The summed E-state index contributed by atoms with van der Waals surface area (Å²) in [6.45, 7) is 8.66. The molecule has 1 saturated heterocycles. The van der Waals surface area contributed by atoms with Crippen LogP contribution >= 0.6 is 0 Å². The van der Waals surface area contributed by atoms with Crippen LogP contribution in [0.15, 0.2) is 9.42 Å². The second-order valence-electron chi connectivity index (χ2n) is 5.52. The third-order valence-electron chi connectivity index (χ3n) is 4.01. The van der Waals surface area contributed by atoms with Gasteiger partial charge in [0.1, 0.15) is 16.6 Å². The average molecular weight is 345 g/mol. The van der Waals surface area contributed by atoms with E-state index in [1.165, 1.54) is 4.31 Å². The molecule has 23 heavy (non-hydrogen) atoms. The van der Waals surface area contributed by atoms with Crippen molar-refractivity contribution in [1.82, 2.24) is 14.4 Å². The lowest BCUT2D eigenvalue weighted by Gasteiger charge is -2.36. The number of esters is 1. The highest BCUT2D eigenvalue weighted by molar-refractivity contribution is 7.89. The van der Waals surface area contributed by atoms with Crippen LogP contribution in [0.1, 0.15) is 25.3 Å². The van der Waals surface area contributed by atoms with Crippen molar-refractivity contribution in [2.75, 3.05) is 32.8 Å². The SMILES string of the molecule is CCOC(=O)[C@@H](C)N1CCN(S(=O)(=O)c2c(C)noc2C)CC1. The molecule has 0 unspecified atom stereocenters. The molecule has 1 aliphatic rings. The summed E-state index contributed by atoms with van der Waals surface area (Å²) in [5, 5.41) is 3.71. The van der Waals surface area contributed by atoms with Gasteiger partial charge in [0.25, 0.3) is 0 Å². The van der Waals surface area contributed by atoms with Gasteiger partial charge in [0.15, 0.2) is 5.76 Å². The maximum absolute atomic E-state index is 12.7. The standard InChI is InChI=1S/C14H23N3O5S/c1-5-21-14(18)11(3)16-6-8-17(9-7-16)23(19,20)13-10(2)15-22-12(13)4/h11H,5-9H2,1-4H3/t11-/m1/s1. The highest BCUT2D eigenvalue weighted by atomic mass is 32.2. The van der Waals surface area contributed by atoms with Crippen LogP contribution < -0.4 is 0 Å². The lowest BCUT2D eigenvalue weighted by Crippen LogP contribution is -2.53. The molecule has 1 atom stereocenters. The third-order valence-corrected chi connectivity index (χ3v) is 6.16. The molecule has 1 aromatic rings. The summed E-state index contributed by atoms with van der Waals surface area (Å²) in [5.41, 5.74) is 0.366. The number of carbonyl (C=O) groups is 1. The Labute approximate surface area is 136 Å². The Morgan fingerprint density at radius 3 is 2.39 bits per heavy atom. The number of aryl methyl sites for hydroxylation is 2. The molecule has 9 heteroatoms. The van der Waals surface area contributed by atoms with E-state index in [2.05, 4.69) is 5.16 Å². The zero-order valence-corrected chi connectivity index (χ0v) is 14.7. The molecule has 0 amide bonds. The molecular weight excluding hydrogens is 322 g/mol. The topological polar surface area (TPSA) is 93.0 Å². The van der Waals surface area contributed by atoms with Crippen molar-refractivity contribution in [3.63, 3.8) is 0 Å². The molecule has 0 aromatic carbocycles. The van der Waals surface area contributed by atoms with Gasteiger partial charge in [-0.15, -0.1) is 0 Å². The van der Waals surface area contributed by atoms with Crippen molar-refractivity contribution < 1.29 is 22.5 Å². The van der Waals surface area contributed by atoms with Gasteiger partial charge in [0, 0.05) is 26.2 Å². The number of hydrogen-bond acceptors (Lipinski definition) is 7. The van der Waals surface area contributed by atoms with Gasteiger partial charge in [-0.25, -0.2) is 8.42 Å². The predicted octanol–water partition coefficient (Wildman–Crippen LogP) is 0.549. The zero-order valence-electron chi connectivity index (χ0n) is 13.9. The van der Waals surface area contributed by atoms with E-state index in [1.807, 2.05) is 4.90 Å². The Hall–Kier alpha value is -1.45. The lowest BCUT2D eigenvalue weighted by atomic mass is 10.2. The second kappa shape index (κ2) is 6.98. The van der Waals surface area contributed by atoms with Crippen LogP contribution in [0.3, 0.4) is 0 Å². The molecule has 0 saturated carbocycles. The summed E-state index contributed by atoms with van der Waals surface area (Å²) < 4.78 is 36.8. The van der Waals surface area contributed by atoms with Crippen LogP contribution in [0, 0.1) is 13.8 Å². The van der Waals surface area contributed by atoms with E-state index in [0.29, 0.717) is 44.2 Å². The summed E-state index contributed by atoms with van der Waals surface area (Å²) in [4.78, 5) is 13.9. The smallest absolute Gasteiger partial charge is 0.323 e. The van der Waals surface area contributed by atoms with Crippen LogP contribution in [-0.2, 0) is 19.6 Å². The molecule has 0 spiro atoms. The Morgan fingerprint density at radius 1 is 1.30 bits per heavy atom. The summed E-state index contributed by atoms with van der Waals surface area (Å²) >= 11 is 0. The van der Waals surface area contributed by atoms with Gasteiger partial charge in [0.05, 0.1) is 6.61 Å². The molecular formula is C14H23N3O5S. The number of ether oxygens (including phenoxy) is 1. The molecule has 0 bridgehead atoms. The fourth-order valence-corrected chi connectivity index (χ4v) is 4.43. The summed E-state index contributed by atoms with van der Waals surface area (Å²) in [6.07, 6.45) is 0. The van der Waals surface area contributed by atoms with E-state index < -0.39 is 10.0 Å². The fourth-order valence-electron chi connectivity index (χ4n) is 2.72. The number of aromatic nitrogens is 1. The fraction of sp³-hybridized carbons (Fsp3) is 0.714. The first-order valence-corrected chi connectivity index (χ1v) is 9.06. The van der Waals surface area contributed by atoms with E-state index in [9.17, 15) is 13.2 Å². The summed E-state index contributed by atoms with van der Waals surface area (Å²) in [6, 6.07) is -0.376. The number of piperazine rings is 1. The zero-order chi connectivity index (χ0) is 17.2. The van der Waals surface area contributed by atoms with Crippen LogP contribution in [0.25, 0.3) is 0 Å². The molecule has 2 rings (SSSR count). The minimum atomic E-state index is -3.63. The number of sulfonamides is 1. The van der Waals surface area contributed by atoms with Crippen molar-refractivity contribution in [3.05, 3.63) is 11.5 Å². The van der Waals surface area contributed by atoms with Crippen LogP contribution in [0.4, 0.5) is 0 Å². The maximum Gasteiger partial charge on any atom is 0.323 e. The molecule has 0 aliphatic carbocycles. The highest BCUT2D eigenvalue weighted by Crippen LogP contribution is 2.24. The first-order chi connectivity index (χ1) is 10.8. The van der Waals surface area contributed by atoms with Gasteiger partial charge < -0.3 is 9.26 Å². The number of rotatable bonds is 5. The monoisotopic (exact) mass is 345 g/mol. The van der Waals surface area contributed by atoms with Crippen molar-refractivity contribution in [1.29, 1.82) is 0 Å². The van der Waals surface area contributed by atoms with Crippen molar-refractivity contribution in [2.45, 2.75) is 38.6 Å². The molecule has 1 aliphatic heterocycles. The van der Waals surface area contributed by atoms with E-state index >= 15 is 0 Å². The van der Waals surface area contributed by atoms with E-state index in [0.717, 1.165) is 0 Å². The second-order valence-corrected chi connectivity index (χ2v) is 7.40. The molecule has 130 valence electrons. The normalized spacial score (nSPS) is 18.8. The Morgan fingerprint density at radius 2 is 1.91 bits per heavy atom. The van der Waals surface area contributed by atoms with Crippen LogP contribution in [0.2, 0.25) is 0 Å². The molecule has 1 aromatic heterocycles.